The van der Waals surface area contributed by atoms with Crippen LogP contribution in [0.5, 0.6) is 11.9 Å². The van der Waals surface area contributed by atoms with Crippen LogP contribution in [-0.4, -0.2) is 79.6 Å². The van der Waals surface area contributed by atoms with Crippen molar-refractivity contribution in [3.63, 3.8) is 0 Å². The Morgan fingerprint density at radius 3 is 2.51 bits per heavy atom. The topological polar surface area (TPSA) is 127 Å². The van der Waals surface area contributed by atoms with Gasteiger partial charge < -0.3 is 34.6 Å². The molecule has 2 aliphatic rings. The van der Waals surface area contributed by atoms with E-state index in [2.05, 4.69) is 37.3 Å². The maximum Gasteiger partial charge on any atom is 0.321 e. The Bertz CT molecular complexity index is 1290. The number of nitrogens with one attached hydrogen (secondary N) is 2. The van der Waals surface area contributed by atoms with Gasteiger partial charge in [-0.2, -0.15) is 9.97 Å². The molecular formula is C27H34N8O4. The molecule has 1 aromatic carbocycles. The zero-order valence-electron chi connectivity index (χ0n) is 22.7. The molecule has 1 fully saturated rings. The highest BCUT2D eigenvalue weighted by molar-refractivity contribution is 5.89. The van der Waals surface area contributed by atoms with Gasteiger partial charge in [-0.3, -0.25) is 0 Å². The van der Waals surface area contributed by atoms with Crippen molar-refractivity contribution >= 4 is 23.4 Å². The number of ether oxygens (including phenoxy) is 3. The maximum absolute atomic E-state index is 11.9. The lowest BCUT2D eigenvalue weighted by Crippen LogP contribution is -2.40. The van der Waals surface area contributed by atoms with Crippen molar-refractivity contribution in [2.24, 2.45) is 0 Å². The molecule has 12 nitrogen and oxygen atoms in total. The normalized spacial score (nSPS) is 16.9. The number of hydrogen-bond donors (Lipinski definition) is 2. The van der Waals surface area contributed by atoms with Crippen molar-refractivity contribution in [3.05, 3.63) is 41.6 Å². The smallest absolute Gasteiger partial charge is 0.321 e. The van der Waals surface area contributed by atoms with Gasteiger partial charge in [-0.05, 0) is 44.5 Å². The van der Waals surface area contributed by atoms with Crippen LogP contribution in [-0.2, 0) is 11.2 Å². The summed E-state index contributed by atoms with van der Waals surface area (Å²) in [7, 11) is 3.12. The van der Waals surface area contributed by atoms with Crippen LogP contribution in [0.2, 0.25) is 0 Å². The molecule has 2 N–H and O–H groups in total. The number of rotatable bonds is 7. The summed E-state index contributed by atoms with van der Waals surface area (Å²) in [6, 6.07) is 9.31. The first-order valence-electron chi connectivity index (χ1n) is 13.1. The first-order chi connectivity index (χ1) is 19.0. The highest BCUT2D eigenvalue weighted by atomic mass is 16.5. The Kier molecular flexibility index (Phi) is 7.92. The summed E-state index contributed by atoms with van der Waals surface area (Å²) in [5.41, 5.74) is 3.66. The van der Waals surface area contributed by atoms with Gasteiger partial charge in [-0.15, -0.1) is 0 Å². The Labute approximate surface area is 227 Å². The van der Waals surface area contributed by atoms with E-state index < -0.39 is 0 Å². The molecule has 12 heteroatoms. The van der Waals surface area contributed by atoms with Crippen molar-refractivity contribution in [1.82, 2.24) is 25.3 Å². The lowest BCUT2D eigenvalue weighted by Gasteiger charge is -2.38. The molecule has 2 aliphatic heterocycles. The van der Waals surface area contributed by atoms with Gasteiger partial charge >= 0.3 is 12.0 Å². The molecule has 0 bridgehead atoms. The third-order valence-electron chi connectivity index (χ3n) is 6.89. The molecule has 0 spiro atoms. The molecule has 3 aromatic rings. The second kappa shape index (κ2) is 11.7. The van der Waals surface area contributed by atoms with E-state index in [-0.39, 0.29) is 18.1 Å². The summed E-state index contributed by atoms with van der Waals surface area (Å²) in [5, 5.41) is 5.57. The fourth-order valence-electron chi connectivity index (χ4n) is 4.90. The van der Waals surface area contributed by atoms with Gasteiger partial charge in [0.1, 0.15) is 11.6 Å². The zero-order valence-corrected chi connectivity index (χ0v) is 22.7. The zero-order chi connectivity index (χ0) is 27.4. The van der Waals surface area contributed by atoms with Crippen molar-refractivity contribution < 1.29 is 19.0 Å². The van der Waals surface area contributed by atoms with Crippen LogP contribution < -0.4 is 29.9 Å². The Morgan fingerprint density at radius 2 is 1.82 bits per heavy atom. The summed E-state index contributed by atoms with van der Waals surface area (Å²) in [6.45, 7) is 8.17. The molecule has 4 heterocycles. The minimum absolute atomic E-state index is 0.0849. The van der Waals surface area contributed by atoms with E-state index in [4.69, 9.17) is 24.2 Å². The standard InChI is InChI=1S/C27H34N8O4/c1-5-28-26(36)29-19-8-6-18(7-9-19)24-32-23-17(2)35(21-16-22(37-3)31-27(30-21)38-4)11-10-20(23)25(33-24)34-12-14-39-15-13-34/h6-9,16-17H,5,10-15H2,1-4H3,(H2,28,29,36)/t17-/m1/s1. The summed E-state index contributed by atoms with van der Waals surface area (Å²) in [5.74, 6) is 2.73. The van der Waals surface area contributed by atoms with Crippen LogP contribution >= 0.6 is 0 Å². The predicted molar refractivity (Wildman–Crippen MR) is 148 cm³/mol. The van der Waals surface area contributed by atoms with Crippen molar-refractivity contribution in [1.29, 1.82) is 0 Å². The average Bonchev–Trinajstić information content (AvgIpc) is 2.97. The molecular weight excluding hydrogens is 500 g/mol. The van der Waals surface area contributed by atoms with Gasteiger partial charge in [-0.1, -0.05) is 0 Å². The first-order valence-corrected chi connectivity index (χ1v) is 13.1. The Morgan fingerprint density at radius 1 is 1.05 bits per heavy atom. The molecule has 2 aromatic heterocycles. The van der Waals surface area contributed by atoms with Gasteiger partial charge in [-0.25, -0.2) is 14.8 Å². The van der Waals surface area contributed by atoms with Gasteiger partial charge in [0, 0.05) is 49.1 Å². The number of benzene rings is 1. The van der Waals surface area contributed by atoms with E-state index in [9.17, 15) is 4.79 Å². The van der Waals surface area contributed by atoms with E-state index in [1.54, 1.807) is 14.2 Å². The second-order valence-corrected chi connectivity index (χ2v) is 9.27. The van der Waals surface area contributed by atoms with E-state index in [0.717, 1.165) is 48.7 Å². The number of carbonyl (C=O) groups excluding carboxylic acids is 1. The molecule has 39 heavy (non-hydrogen) atoms. The molecule has 5 rings (SSSR count). The number of anilines is 3. The third-order valence-corrected chi connectivity index (χ3v) is 6.89. The second-order valence-electron chi connectivity index (χ2n) is 9.27. The minimum atomic E-state index is -0.239. The highest BCUT2D eigenvalue weighted by Crippen LogP contribution is 2.38. The molecule has 0 unspecified atom stereocenters. The third kappa shape index (κ3) is 5.65. The van der Waals surface area contributed by atoms with Gasteiger partial charge in [0.15, 0.2) is 5.82 Å². The quantitative estimate of drug-likeness (QED) is 0.467. The van der Waals surface area contributed by atoms with Crippen molar-refractivity contribution in [2.45, 2.75) is 26.3 Å². The Hall–Kier alpha value is -4.19. The number of aromatic nitrogens is 4. The van der Waals surface area contributed by atoms with Crippen LogP contribution in [0.25, 0.3) is 11.4 Å². The fraction of sp³-hybridized carbons (Fsp3) is 0.444. The maximum atomic E-state index is 11.9. The van der Waals surface area contributed by atoms with E-state index in [1.165, 1.54) is 0 Å². The minimum Gasteiger partial charge on any atom is -0.481 e. The Balaban J connectivity index is 1.53. The number of carbonyl (C=O) groups is 1. The average molecular weight is 535 g/mol. The fourth-order valence-corrected chi connectivity index (χ4v) is 4.90. The monoisotopic (exact) mass is 534 g/mol. The summed E-state index contributed by atoms with van der Waals surface area (Å²) in [4.78, 5) is 35.4. The number of nitrogens with zero attached hydrogens (tertiary/aromatic N) is 6. The molecule has 2 amide bonds. The lowest BCUT2D eigenvalue weighted by molar-refractivity contribution is 0.122. The number of methoxy groups -OCH3 is 2. The first kappa shape index (κ1) is 26.4. The summed E-state index contributed by atoms with van der Waals surface area (Å²) in [6.07, 6.45) is 0.761. The van der Waals surface area contributed by atoms with Crippen molar-refractivity contribution in [2.75, 3.05) is 68.7 Å². The number of urea groups is 1. The van der Waals surface area contributed by atoms with E-state index in [1.807, 2.05) is 37.3 Å². The molecule has 0 saturated carbocycles. The number of morpholine rings is 1. The van der Waals surface area contributed by atoms with Gasteiger partial charge in [0.2, 0.25) is 5.88 Å². The molecule has 206 valence electrons. The van der Waals surface area contributed by atoms with E-state index >= 15 is 0 Å². The number of amides is 2. The SMILES string of the molecule is CCNC(=O)Nc1ccc(-c2nc3c(c(N4CCOCC4)n2)CCN(c2cc(OC)nc(OC)n2)[C@@H]3C)cc1. The van der Waals surface area contributed by atoms with E-state index in [0.29, 0.717) is 43.0 Å². The predicted octanol–water partition coefficient (Wildman–Crippen LogP) is 3.05. The summed E-state index contributed by atoms with van der Waals surface area (Å²) >= 11 is 0. The largest absolute Gasteiger partial charge is 0.481 e. The molecule has 1 atom stereocenters. The van der Waals surface area contributed by atoms with Crippen LogP contribution in [0.1, 0.15) is 31.1 Å². The van der Waals surface area contributed by atoms with Gasteiger partial charge in [0.05, 0.1) is 39.2 Å². The number of hydrogen-bond acceptors (Lipinski definition) is 10. The van der Waals surface area contributed by atoms with Crippen LogP contribution in [0.4, 0.5) is 22.1 Å². The highest BCUT2D eigenvalue weighted by Gasteiger charge is 2.32. The number of fused-ring (bicyclic) bond motifs is 1. The summed E-state index contributed by atoms with van der Waals surface area (Å²) < 4.78 is 16.3. The van der Waals surface area contributed by atoms with Crippen molar-refractivity contribution in [3.8, 4) is 23.3 Å². The van der Waals surface area contributed by atoms with Crippen LogP contribution in [0.15, 0.2) is 30.3 Å². The molecule has 0 aliphatic carbocycles. The molecule has 0 radical (unpaired) electrons. The van der Waals surface area contributed by atoms with Crippen LogP contribution in [0, 0.1) is 0 Å². The van der Waals surface area contributed by atoms with Gasteiger partial charge in [0.25, 0.3) is 0 Å². The molecule has 1 saturated heterocycles. The van der Waals surface area contributed by atoms with Crippen LogP contribution in [0.3, 0.4) is 0 Å². The lowest BCUT2D eigenvalue weighted by atomic mass is 9.98.